The van der Waals surface area contributed by atoms with Gasteiger partial charge in [0.25, 0.3) is 0 Å². The Morgan fingerprint density at radius 3 is 2.38 bits per heavy atom. The van der Waals surface area contributed by atoms with Crippen LogP contribution in [0, 0.1) is 0 Å². The lowest BCUT2D eigenvalue weighted by atomic mass is 9.85. The maximum atomic E-state index is 8.91. The molecule has 3 N–H and O–H groups in total. The minimum atomic E-state index is -0.365. The molecule has 2 heteroatoms. The van der Waals surface area contributed by atoms with E-state index in [9.17, 15) is 0 Å². The molecule has 0 heterocycles. The van der Waals surface area contributed by atoms with Crippen LogP contribution in [0.1, 0.15) is 25.3 Å². The molecule has 1 rings (SSSR count). The van der Waals surface area contributed by atoms with Crippen LogP contribution in [0.15, 0.2) is 30.3 Å². The van der Waals surface area contributed by atoms with Gasteiger partial charge in [0.15, 0.2) is 0 Å². The third-order valence-corrected chi connectivity index (χ3v) is 2.54. The van der Waals surface area contributed by atoms with Gasteiger partial charge in [-0.05, 0) is 18.4 Å². The van der Waals surface area contributed by atoms with E-state index in [0.717, 1.165) is 12.0 Å². The summed E-state index contributed by atoms with van der Waals surface area (Å²) >= 11 is 0. The first-order valence-electron chi connectivity index (χ1n) is 4.68. The van der Waals surface area contributed by atoms with E-state index < -0.39 is 0 Å². The maximum Gasteiger partial charge on any atom is 0.0451 e. The van der Waals surface area contributed by atoms with E-state index in [1.54, 1.807) is 0 Å². The summed E-state index contributed by atoms with van der Waals surface area (Å²) in [6.45, 7) is 2.18. The number of nitrogens with two attached hydrogens (primary N) is 1. The summed E-state index contributed by atoms with van der Waals surface area (Å²) in [5, 5.41) is 8.91. The summed E-state index contributed by atoms with van der Waals surface area (Å²) in [5.41, 5.74) is 6.91. The summed E-state index contributed by atoms with van der Waals surface area (Å²) < 4.78 is 0. The van der Waals surface area contributed by atoms with Gasteiger partial charge in [-0.15, -0.1) is 0 Å². The summed E-state index contributed by atoms with van der Waals surface area (Å²) in [6, 6.07) is 9.95. The molecular formula is C11H17NO. The lowest BCUT2D eigenvalue weighted by Crippen LogP contribution is -2.36. The molecule has 1 aromatic carbocycles. The van der Waals surface area contributed by atoms with E-state index >= 15 is 0 Å². The van der Waals surface area contributed by atoms with Gasteiger partial charge in [0.05, 0.1) is 0 Å². The number of aliphatic hydroxyl groups excluding tert-OH is 1. The second kappa shape index (κ2) is 4.40. The van der Waals surface area contributed by atoms with Gasteiger partial charge >= 0.3 is 0 Å². The van der Waals surface area contributed by atoms with Crippen LogP contribution in [0.4, 0.5) is 0 Å². The van der Waals surface area contributed by atoms with Crippen molar-refractivity contribution in [2.24, 2.45) is 5.73 Å². The summed E-state index contributed by atoms with van der Waals surface area (Å²) in [6.07, 6.45) is 1.46. The fraction of sp³-hybridized carbons (Fsp3) is 0.455. The molecule has 0 aliphatic heterocycles. The van der Waals surface area contributed by atoms with Crippen LogP contribution in [0.5, 0.6) is 0 Å². The first kappa shape index (κ1) is 10.2. The van der Waals surface area contributed by atoms with Crippen LogP contribution >= 0.6 is 0 Å². The Morgan fingerprint density at radius 1 is 1.31 bits per heavy atom. The maximum absolute atomic E-state index is 8.91. The molecule has 0 spiro atoms. The Hall–Kier alpha value is -0.860. The molecule has 0 aliphatic rings. The van der Waals surface area contributed by atoms with Crippen molar-refractivity contribution in [1.82, 2.24) is 0 Å². The van der Waals surface area contributed by atoms with Crippen LogP contribution in [0.3, 0.4) is 0 Å². The van der Waals surface area contributed by atoms with Crippen LogP contribution in [0.2, 0.25) is 0 Å². The van der Waals surface area contributed by atoms with Crippen LogP contribution < -0.4 is 5.73 Å². The van der Waals surface area contributed by atoms with Gasteiger partial charge in [-0.1, -0.05) is 37.3 Å². The molecule has 1 aromatic rings. The Balaban J connectivity index is 2.89. The Kier molecular flexibility index (Phi) is 3.46. The van der Waals surface area contributed by atoms with Crippen molar-refractivity contribution in [3.8, 4) is 0 Å². The molecule has 0 aliphatic carbocycles. The molecule has 13 heavy (non-hydrogen) atoms. The highest BCUT2D eigenvalue weighted by molar-refractivity contribution is 5.23. The van der Waals surface area contributed by atoms with Crippen LogP contribution in [0.25, 0.3) is 0 Å². The Morgan fingerprint density at radius 2 is 1.92 bits per heavy atom. The lowest BCUT2D eigenvalue weighted by molar-refractivity contribution is 0.235. The van der Waals surface area contributed by atoms with Gasteiger partial charge in [0, 0.05) is 12.1 Å². The van der Waals surface area contributed by atoms with Crippen molar-refractivity contribution >= 4 is 0 Å². The van der Waals surface area contributed by atoms with Crippen molar-refractivity contribution in [1.29, 1.82) is 0 Å². The highest BCUT2D eigenvalue weighted by atomic mass is 16.3. The molecule has 0 fully saturated rings. The Bertz CT molecular complexity index is 248. The van der Waals surface area contributed by atoms with Crippen molar-refractivity contribution in [3.05, 3.63) is 35.9 Å². The second-order valence-electron chi connectivity index (χ2n) is 3.35. The number of hydrogen-bond acceptors (Lipinski definition) is 2. The Labute approximate surface area is 79.4 Å². The van der Waals surface area contributed by atoms with Gasteiger partial charge in [-0.25, -0.2) is 0 Å². The number of hydrogen-bond donors (Lipinski definition) is 2. The van der Waals surface area contributed by atoms with Gasteiger partial charge < -0.3 is 10.8 Å². The smallest absolute Gasteiger partial charge is 0.0451 e. The predicted octanol–water partition coefficient (Wildman–Crippen LogP) is 1.63. The average molecular weight is 179 g/mol. The highest BCUT2D eigenvalue weighted by Crippen LogP contribution is 2.24. The molecule has 72 valence electrons. The summed E-state index contributed by atoms with van der Waals surface area (Å²) in [7, 11) is 0. The predicted molar refractivity (Wildman–Crippen MR) is 54.3 cm³/mol. The van der Waals surface area contributed by atoms with Crippen molar-refractivity contribution in [2.45, 2.75) is 25.3 Å². The van der Waals surface area contributed by atoms with E-state index in [1.165, 1.54) is 0 Å². The number of benzene rings is 1. The standard InChI is InChI=1S/C11H17NO/c1-2-11(12,8-9-13)10-6-4-3-5-7-10/h3-7,13H,2,8-9,12H2,1H3/t11-/m1/s1. The summed E-state index contributed by atoms with van der Waals surface area (Å²) in [4.78, 5) is 0. The topological polar surface area (TPSA) is 46.2 Å². The zero-order valence-corrected chi connectivity index (χ0v) is 8.03. The van der Waals surface area contributed by atoms with Crippen molar-refractivity contribution in [3.63, 3.8) is 0 Å². The van der Waals surface area contributed by atoms with Gasteiger partial charge in [0.1, 0.15) is 0 Å². The molecule has 0 aromatic heterocycles. The molecule has 0 saturated carbocycles. The quantitative estimate of drug-likeness (QED) is 0.738. The van der Waals surface area contributed by atoms with Gasteiger partial charge in [-0.2, -0.15) is 0 Å². The molecule has 1 atom stereocenters. The fourth-order valence-electron chi connectivity index (χ4n) is 1.49. The molecule has 0 saturated heterocycles. The first-order chi connectivity index (χ1) is 6.23. The zero-order chi connectivity index (χ0) is 9.73. The normalized spacial score (nSPS) is 15.3. The van der Waals surface area contributed by atoms with Crippen molar-refractivity contribution in [2.75, 3.05) is 6.61 Å². The SMILES string of the molecule is CC[C@@](N)(CCO)c1ccccc1. The fourth-order valence-corrected chi connectivity index (χ4v) is 1.49. The van der Waals surface area contributed by atoms with Crippen LogP contribution in [-0.2, 0) is 5.54 Å². The van der Waals surface area contributed by atoms with E-state index in [4.69, 9.17) is 10.8 Å². The third-order valence-electron chi connectivity index (χ3n) is 2.54. The largest absolute Gasteiger partial charge is 0.396 e. The second-order valence-corrected chi connectivity index (χ2v) is 3.35. The molecule has 0 radical (unpaired) electrons. The highest BCUT2D eigenvalue weighted by Gasteiger charge is 2.23. The monoisotopic (exact) mass is 179 g/mol. The summed E-state index contributed by atoms with van der Waals surface area (Å²) in [5.74, 6) is 0. The molecule has 0 amide bonds. The average Bonchev–Trinajstić information content (AvgIpc) is 2.19. The molecule has 0 bridgehead atoms. The molecule has 2 nitrogen and oxygen atoms in total. The van der Waals surface area contributed by atoms with Gasteiger partial charge in [0.2, 0.25) is 0 Å². The minimum absolute atomic E-state index is 0.138. The molecule has 0 unspecified atom stereocenters. The van der Waals surface area contributed by atoms with Crippen molar-refractivity contribution < 1.29 is 5.11 Å². The third kappa shape index (κ3) is 2.29. The van der Waals surface area contributed by atoms with Gasteiger partial charge in [-0.3, -0.25) is 0 Å². The zero-order valence-electron chi connectivity index (χ0n) is 8.03. The van der Waals surface area contributed by atoms with E-state index in [2.05, 4.69) is 0 Å². The lowest BCUT2D eigenvalue weighted by Gasteiger charge is -2.27. The van der Waals surface area contributed by atoms with E-state index in [-0.39, 0.29) is 12.1 Å². The van der Waals surface area contributed by atoms with E-state index in [1.807, 2.05) is 37.3 Å². The first-order valence-corrected chi connectivity index (χ1v) is 4.68. The van der Waals surface area contributed by atoms with Crippen LogP contribution in [-0.4, -0.2) is 11.7 Å². The number of aliphatic hydroxyl groups is 1. The van der Waals surface area contributed by atoms with E-state index in [0.29, 0.717) is 6.42 Å². The minimum Gasteiger partial charge on any atom is -0.396 e. The molecular weight excluding hydrogens is 162 g/mol. The number of rotatable bonds is 4.